The Bertz CT molecular complexity index is 849. The minimum absolute atomic E-state index is 0.0538. The Balaban J connectivity index is 1.24. The van der Waals surface area contributed by atoms with Gasteiger partial charge in [0.05, 0.1) is 0 Å². The summed E-state index contributed by atoms with van der Waals surface area (Å²) in [5, 5.41) is 1.13. The van der Waals surface area contributed by atoms with E-state index < -0.39 is 0 Å². The van der Waals surface area contributed by atoms with E-state index in [-0.39, 0.29) is 12.1 Å². The van der Waals surface area contributed by atoms with Gasteiger partial charge in [-0.3, -0.25) is 4.79 Å². The van der Waals surface area contributed by atoms with Crippen LogP contribution in [0.5, 0.6) is 0 Å². The lowest BCUT2D eigenvalue weighted by molar-refractivity contribution is -0.151. The molecule has 0 aliphatic heterocycles. The van der Waals surface area contributed by atoms with Gasteiger partial charge in [-0.2, -0.15) is 0 Å². The number of halogens is 1. The molecule has 4 unspecified atom stereocenters. The SMILES string of the molecule is CC(C)CCC[C@@H](C)[C@H]1CCC2C3CC=C4CC(OC(=O)CCCCCCCCCCBr)CC[C@]4(C)C3CC[C@@]21C. The first-order valence-electron chi connectivity index (χ1n) is 18.1. The summed E-state index contributed by atoms with van der Waals surface area (Å²) in [5.41, 5.74) is 2.53. The van der Waals surface area contributed by atoms with Gasteiger partial charge >= 0.3 is 5.97 Å². The maximum absolute atomic E-state index is 12.7. The fourth-order valence-electron chi connectivity index (χ4n) is 10.4. The average molecular weight is 634 g/mol. The number of ether oxygens (including phenoxy) is 1. The Kier molecular flexibility index (Phi) is 12.8. The molecule has 0 spiro atoms. The number of carbonyl (C=O) groups excluding carboxylic acids is 1. The van der Waals surface area contributed by atoms with Gasteiger partial charge in [-0.25, -0.2) is 0 Å². The molecule has 8 atom stereocenters. The molecule has 0 amide bonds. The van der Waals surface area contributed by atoms with Crippen LogP contribution < -0.4 is 0 Å². The van der Waals surface area contributed by atoms with Gasteiger partial charge in [0.2, 0.25) is 0 Å². The molecule has 0 heterocycles. The van der Waals surface area contributed by atoms with Crippen LogP contribution in [0.15, 0.2) is 11.6 Å². The fraction of sp³-hybridized carbons (Fsp3) is 0.921. The molecule has 4 aliphatic rings. The highest BCUT2D eigenvalue weighted by molar-refractivity contribution is 9.09. The Morgan fingerprint density at radius 1 is 0.878 bits per heavy atom. The van der Waals surface area contributed by atoms with Gasteiger partial charge in [-0.15, -0.1) is 0 Å². The molecule has 0 bridgehead atoms. The van der Waals surface area contributed by atoms with Crippen LogP contribution in [0.25, 0.3) is 0 Å². The zero-order valence-electron chi connectivity index (χ0n) is 27.7. The van der Waals surface area contributed by atoms with Gasteiger partial charge in [0.25, 0.3) is 0 Å². The molecule has 0 radical (unpaired) electrons. The summed E-state index contributed by atoms with van der Waals surface area (Å²) >= 11 is 3.51. The van der Waals surface area contributed by atoms with Crippen molar-refractivity contribution in [2.45, 2.75) is 169 Å². The Morgan fingerprint density at radius 3 is 2.29 bits per heavy atom. The maximum atomic E-state index is 12.7. The van der Waals surface area contributed by atoms with Crippen molar-refractivity contribution in [1.82, 2.24) is 0 Å². The lowest BCUT2D eigenvalue weighted by Gasteiger charge is -2.58. The first-order valence-corrected chi connectivity index (χ1v) is 19.3. The second-order valence-corrected chi connectivity index (χ2v) is 16.7. The second kappa shape index (κ2) is 15.6. The molecular formula is C38H65BrO2. The molecule has 3 saturated carbocycles. The zero-order chi connectivity index (χ0) is 29.5. The van der Waals surface area contributed by atoms with Crippen molar-refractivity contribution < 1.29 is 9.53 Å². The van der Waals surface area contributed by atoms with Crippen molar-refractivity contribution in [3.05, 3.63) is 11.6 Å². The number of esters is 1. The Morgan fingerprint density at radius 2 is 1.59 bits per heavy atom. The number of fused-ring (bicyclic) bond motifs is 5. The maximum Gasteiger partial charge on any atom is 0.306 e. The summed E-state index contributed by atoms with van der Waals surface area (Å²) in [6, 6.07) is 0. The van der Waals surface area contributed by atoms with Crippen LogP contribution in [0.1, 0.15) is 163 Å². The predicted octanol–water partition coefficient (Wildman–Crippen LogP) is 11.8. The molecular weight excluding hydrogens is 568 g/mol. The van der Waals surface area contributed by atoms with Crippen molar-refractivity contribution in [2.75, 3.05) is 5.33 Å². The summed E-state index contributed by atoms with van der Waals surface area (Å²) in [5.74, 6) is 5.33. The summed E-state index contributed by atoms with van der Waals surface area (Å²) in [4.78, 5) is 12.7. The van der Waals surface area contributed by atoms with E-state index in [9.17, 15) is 4.79 Å². The first kappa shape index (κ1) is 33.6. The van der Waals surface area contributed by atoms with Gasteiger partial charge < -0.3 is 4.74 Å². The Hall–Kier alpha value is -0.310. The largest absolute Gasteiger partial charge is 0.462 e. The number of rotatable bonds is 16. The van der Waals surface area contributed by atoms with Crippen LogP contribution >= 0.6 is 15.9 Å². The van der Waals surface area contributed by atoms with Gasteiger partial charge in [0, 0.05) is 18.2 Å². The smallest absolute Gasteiger partial charge is 0.306 e. The molecule has 3 heteroatoms. The zero-order valence-corrected chi connectivity index (χ0v) is 29.2. The van der Waals surface area contributed by atoms with E-state index >= 15 is 0 Å². The van der Waals surface area contributed by atoms with Gasteiger partial charge in [-0.05, 0) is 104 Å². The molecule has 0 aromatic rings. The molecule has 0 aromatic carbocycles. The van der Waals surface area contributed by atoms with Crippen LogP contribution in [-0.4, -0.2) is 17.4 Å². The fourth-order valence-corrected chi connectivity index (χ4v) is 10.8. The van der Waals surface area contributed by atoms with E-state index in [1.807, 2.05) is 0 Å². The molecule has 0 aromatic heterocycles. The molecule has 41 heavy (non-hydrogen) atoms. The summed E-state index contributed by atoms with van der Waals surface area (Å²) in [6.07, 6.45) is 28.0. The molecule has 4 aliphatic carbocycles. The van der Waals surface area contributed by atoms with E-state index in [0.717, 1.165) is 60.1 Å². The number of hydrogen-bond donors (Lipinski definition) is 0. The third-order valence-electron chi connectivity index (χ3n) is 12.8. The average Bonchev–Trinajstić information content (AvgIpc) is 3.29. The quantitative estimate of drug-likeness (QED) is 0.0732. The first-order chi connectivity index (χ1) is 19.7. The topological polar surface area (TPSA) is 26.3 Å². The van der Waals surface area contributed by atoms with Crippen molar-refractivity contribution in [2.24, 2.45) is 46.3 Å². The highest BCUT2D eigenvalue weighted by Gasteiger charge is 2.59. The van der Waals surface area contributed by atoms with Crippen molar-refractivity contribution >= 4 is 21.9 Å². The third-order valence-corrected chi connectivity index (χ3v) is 13.4. The number of hydrogen-bond acceptors (Lipinski definition) is 2. The number of unbranched alkanes of at least 4 members (excludes halogenated alkanes) is 7. The molecule has 0 saturated heterocycles. The van der Waals surface area contributed by atoms with Crippen molar-refractivity contribution in [1.29, 1.82) is 0 Å². The highest BCUT2D eigenvalue weighted by Crippen LogP contribution is 2.67. The van der Waals surface area contributed by atoms with E-state index in [1.54, 1.807) is 5.57 Å². The van der Waals surface area contributed by atoms with Gasteiger partial charge in [0.1, 0.15) is 6.10 Å². The van der Waals surface area contributed by atoms with Crippen LogP contribution in [0, 0.1) is 46.3 Å². The summed E-state index contributed by atoms with van der Waals surface area (Å²) in [7, 11) is 0. The lowest BCUT2D eigenvalue weighted by atomic mass is 9.47. The molecule has 236 valence electrons. The Labute approximate surface area is 263 Å². The van der Waals surface area contributed by atoms with Crippen LogP contribution in [-0.2, 0) is 9.53 Å². The molecule has 4 rings (SSSR count). The van der Waals surface area contributed by atoms with Crippen LogP contribution in [0.4, 0.5) is 0 Å². The van der Waals surface area contributed by atoms with E-state index in [1.165, 1.54) is 103 Å². The van der Waals surface area contributed by atoms with Crippen LogP contribution in [0.3, 0.4) is 0 Å². The van der Waals surface area contributed by atoms with Crippen molar-refractivity contribution in [3.63, 3.8) is 0 Å². The van der Waals surface area contributed by atoms with Crippen LogP contribution in [0.2, 0.25) is 0 Å². The second-order valence-electron chi connectivity index (χ2n) is 15.9. The number of alkyl halides is 1. The number of allylic oxidation sites excluding steroid dienone is 1. The highest BCUT2D eigenvalue weighted by atomic mass is 79.9. The molecule has 3 fully saturated rings. The monoisotopic (exact) mass is 632 g/mol. The van der Waals surface area contributed by atoms with E-state index in [2.05, 4.69) is 56.6 Å². The van der Waals surface area contributed by atoms with Gasteiger partial charge in [0.15, 0.2) is 0 Å². The molecule has 2 nitrogen and oxygen atoms in total. The summed E-state index contributed by atoms with van der Waals surface area (Å²) in [6.45, 7) is 12.6. The lowest BCUT2D eigenvalue weighted by Crippen LogP contribution is -2.51. The predicted molar refractivity (Wildman–Crippen MR) is 178 cm³/mol. The normalized spacial score (nSPS) is 35.4. The standard InChI is InChI=1S/C38H65BrO2/c1-28(2)15-14-16-29(3)33-20-21-34-32-19-18-30-27-31(22-24-37(30,4)35(32)23-25-38(33,34)5)41-36(40)17-12-10-8-6-7-9-11-13-26-39/h18,28-29,31-35H,6-17,19-27H2,1-5H3/t29-,31?,32?,33-,34?,35?,37+,38-/m1/s1. The molecule has 0 N–H and O–H groups in total. The minimum atomic E-state index is 0.0538. The van der Waals surface area contributed by atoms with E-state index in [0.29, 0.717) is 17.3 Å². The number of carbonyl (C=O) groups is 1. The third kappa shape index (κ3) is 8.25. The minimum Gasteiger partial charge on any atom is -0.462 e. The van der Waals surface area contributed by atoms with E-state index in [4.69, 9.17) is 4.74 Å². The van der Waals surface area contributed by atoms with Crippen molar-refractivity contribution in [3.8, 4) is 0 Å². The summed E-state index contributed by atoms with van der Waals surface area (Å²) < 4.78 is 6.08. The van der Waals surface area contributed by atoms with Gasteiger partial charge in [-0.1, -0.05) is 120 Å².